The van der Waals surface area contributed by atoms with Crippen molar-refractivity contribution in [1.29, 1.82) is 0 Å². The van der Waals surface area contributed by atoms with Crippen molar-refractivity contribution in [3.63, 3.8) is 0 Å². The minimum Gasteiger partial charge on any atom is -0.342 e. The van der Waals surface area contributed by atoms with Gasteiger partial charge >= 0.3 is 0 Å². The van der Waals surface area contributed by atoms with Gasteiger partial charge in [0.25, 0.3) is 0 Å². The molecule has 3 nitrogen and oxygen atoms in total. The summed E-state index contributed by atoms with van der Waals surface area (Å²) in [7, 11) is 0. The standard InChI is InChI=1S/C15H28N2O/c1-11(2)13-5-8-17(9-13)14(18)15(12(3)4)6-7-16-10-15/h11-13,16H,5-10H2,1-4H3. The molecule has 2 unspecified atom stereocenters. The molecule has 2 aliphatic rings. The van der Waals surface area contributed by atoms with E-state index < -0.39 is 0 Å². The molecule has 0 spiro atoms. The lowest BCUT2D eigenvalue weighted by atomic mass is 9.75. The van der Waals surface area contributed by atoms with Crippen molar-refractivity contribution in [2.45, 2.75) is 40.5 Å². The molecule has 1 amide bonds. The van der Waals surface area contributed by atoms with Crippen LogP contribution < -0.4 is 5.32 Å². The predicted molar refractivity (Wildman–Crippen MR) is 74.3 cm³/mol. The summed E-state index contributed by atoms with van der Waals surface area (Å²) >= 11 is 0. The zero-order valence-electron chi connectivity index (χ0n) is 12.3. The van der Waals surface area contributed by atoms with Crippen LogP contribution in [0, 0.1) is 23.2 Å². The summed E-state index contributed by atoms with van der Waals surface area (Å²) in [6, 6.07) is 0. The molecule has 3 heteroatoms. The maximum atomic E-state index is 12.9. The molecular formula is C15H28N2O. The summed E-state index contributed by atoms with van der Waals surface area (Å²) < 4.78 is 0. The van der Waals surface area contributed by atoms with E-state index in [1.165, 1.54) is 6.42 Å². The van der Waals surface area contributed by atoms with Crippen molar-refractivity contribution >= 4 is 5.91 Å². The molecule has 2 fully saturated rings. The maximum Gasteiger partial charge on any atom is 0.230 e. The van der Waals surface area contributed by atoms with Gasteiger partial charge in [-0.1, -0.05) is 27.7 Å². The van der Waals surface area contributed by atoms with Crippen molar-refractivity contribution < 1.29 is 4.79 Å². The summed E-state index contributed by atoms with van der Waals surface area (Å²) in [4.78, 5) is 15.0. The van der Waals surface area contributed by atoms with Crippen molar-refractivity contribution in [2.24, 2.45) is 23.2 Å². The van der Waals surface area contributed by atoms with Gasteiger partial charge in [-0.3, -0.25) is 4.79 Å². The van der Waals surface area contributed by atoms with Gasteiger partial charge < -0.3 is 10.2 Å². The molecular weight excluding hydrogens is 224 g/mol. The second kappa shape index (κ2) is 5.20. The van der Waals surface area contributed by atoms with Crippen molar-refractivity contribution in [2.75, 3.05) is 26.2 Å². The molecule has 2 rings (SSSR count). The first-order valence-corrected chi connectivity index (χ1v) is 7.47. The van der Waals surface area contributed by atoms with Crippen LogP contribution in [0.15, 0.2) is 0 Å². The Morgan fingerprint density at radius 1 is 1.33 bits per heavy atom. The van der Waals surface area contributed by atoms with Crippen LogP contribution in [0.2, 0.25) is 0 Å². The van der Waals surface area contributed by atoms with E-state index in [9.17, 15) is 4.79 Å². The predicted octanol–water partition coefficient (Wildman–Crippen LogP) is 2.13. The molecule has 0 radical (unpaired) electrons. The highest BCUT2D eigenvalue weighted by molar-refractivity contribution is 5.84. The molecule has 0 aromatic carbocycles. The molecule has 18 heavy (non-hydrogen) atoms. The van der Waals surface area contributed by atoms with Gasteiger partial charge in [-0.15, -0.1) is 0 Å². The van der Waals surface area contributed by atoms with Gasteiger partial charge in [-0.25, -0.2) is 0 Å². The second-order valence-corrected chi connectivity index (χ2v) is 6.78. The number of nitrogens with one attached hydrogen (secondary N) is 1. The van der Waals surface area contributed by atoms with Gasteiger partial charge in [-0.05, 0) is 37.1 Å². The molecule has 0 aliphatic carbocycles. The number of hydrogen-bond donors (Lipinski definition) is 1. The van der Waals surface area contributed by atoms with Gasteiger partial charge in [0.05, 0.1) is 5.41 Å². The quantitative estimate of drug-likeness (QED) is 0.834. The third-order valence-corrected chi connectivity index (χ3v) is 5.17. The highest BCUT2D eigenvalue weighted by Crippen LogP contribution is 2.38. The number of nitrogens with zero attached hydrogens (tertiary/aromatic N) is 1. The molecule has 2 aliphatic heterocycles. The normalized spacial score (nSPS) is 32.8. The maximum absolute atomic E-state index is 12.9. The van der Waals surface area contributed by atoms with Crippen LogP contribution in [-0.4, -0.2) is 37.0 Å². The number of carbonyl (C=O) groups excluding carboxylic acids is 1. The lowest BCUT2D eigenvalue weighted by molar-refractivity contribution is -0.142. The van der Waals surface area contributed by atoms with E-state index in [0.717, 1.165) is 32.6 Å². The molecule has 104 valence electrons. The number of carbonyl (C=O) groups is 1. The number of likely N-dealkylation sites (tertiary alicyclic amines) is 1. The zero-order chi connectivity index (χ0) is 13.3. The van der Waals surface area contributed by atoms with E-state index in [1.807, 2.05) is 0 Å². The first-order valence-electron chi connectivity index (χ1n) is 7.47. The zero-order valence-corrected chi connectivity index (χ0v) is 12.3. The second-order valence-electron chi connectivity index (χ2n) is 6.78. The van der Waals surface area contributed by atoms with Crippen LogP contribution in [-0.2, 0) is 4.79 Å². The number of rotatable bonds is 3. The summed E-state index contributed by atoms with van der Waals surface area (Å²) in [5.41, 5.74) is -0.133. The fourth-order valence-electron chi connectivity index (χ4n) is 3.46. The Hall–Kier alpha value is -0.570. The lowest BCUT2D eigenvalue weighted by Crippen LogP contribution is -2.47. The van der Waals surface area contributed by atoms with Gasteiger partial charge in [0.15, 0.2) is 0 Å². The molecule has 2 atom stereocenters. The fraction of sp³-hybridized carbons (Fsp3) is 0.933. The van der Waals surface area contributed by atoms with E-state index in [-0.39, 0.29) is 5.41 Å². The van der Waals surface area contributed by atoms with Gasteiger partial charge in [0.2, 0.25) is 5.91 Å². The largest absolute Gasteiger partial charge is 0.342 e. The SMILES string of the molecule is CC(C)C1CCN(C(=O)C2(C(C)C)CCNC2)C1. The van der Waals surface area contributed by atoms with Crippen LogP contribution in [0.3, 0.4) is 0 Å². The first kappa shape index (κ1) is 13.9. The minimum atomic E-state index is -0.133. The Balaban J connectivity index is 2.07. The highest BCUT2D eigenvalue weighted by atomic mass is 16.2. The molecule has 0 aromatic rings. The Morgan fingerprint density at radius 3 is 2.50 bits per heavy atom. The van der Waals surface area contributed by atoms with Crippen LogP contribution in [0.5, 0.6) is 0 Å². The van der Waals surface area contributed by atoms with Crippen LogP contribution >= 0.6 is 0 Å². The monoisotopic (exact) mass is 252 g/mol. The third-order valence-electron chi connectivity index (χ3n) is 5.17. The topological polar surface area (TPSA) is 32.3 Å². The van der Waals surface area contributed by atoms with Crippen molar-refractivity contribution in [1.82, 2.24) is 10.2 Å². The van der Waals surface area contributed by atoms with E-state index in [0.29, 0.717) is 23.7 Å². The molecule has 0 saturated carbocycles. The van der Waals surface area contributed by atoms with E-state index in [1.54, 1.807) is 0 Å². The van der Waals surface area contributed by atoms with Crippen molar-refractivity contribution in [3.05, 3.63) is 0 Å². The molecule has 2 heterocycles. The smallest absolute Gasteiger partial charge is 0.230 e. The van der Waals surface area contributed by atoms with Gasteiger partial charge in [0.1, 0.15) is 0 Å². The van der Waals surface area contributed by atoms with Gasteiger partial charge in [-0.2, -0.15) is 0 Å². The Labute approximate surface area is 111 Å². The fourth-order valence-corrected chi connectivity index (χ4v) is 3.46. The molecule has 2 saturated heterocycles. The molecule has 0 bridgehead atoms. The minimum absolute atomic E-state index is 0.133. The van der Waals surface area contributed by atoms with Gasteiger partial charge in [0, 0.05) is 19.6 Å². The number of amides is 1. The summed E-state index contributed by atoms with van der Waals surface area (Å²) in [6.07, 6.45) is 2.19. The van der Waals surface area contributed by atoms with E-state index >= 15 is 0 Å². The first-order chi connectivity index (χ1) is 8.47. The summed E-state index contributed by atoms with van der Waals surface area (Å²) in [5, 5.41) is 3.39. The molecule has 1 N–H and O–H groups in total. The van der Waals surface area contributed by atoms with Crippen molar-refractivity contribution in [3.8, 4) is 0 Å². The Kier molecular flexibility index (Phi) is 4.00. The average Bonchev–Trinajstić information content (AvgIpc) is 2.98. The molecule has 0 aromatic heterocycles. The summed E-state index contributed by atoms with van der Waals surface area (Å²) in [5.74, 6) is 2.23. The third kappa shape index (κ3) is 2.29. The van der Waals surface area contributed by atoms with Crippen LogP contribution in [0.1, 0.15) is 40.5 Å². The van der Waals surface area contributed by atoms with E-state index in [2.05, 4.69) is 37.9 Å². The summed E-state index contributed by atoms with van der Waals surface area (Å²) in [6.45, 7) is 12.7. The lowest BCUT2D eigenvalue weighted by Gasteiger charge is -2.35. The Morgan fingerprint density at radius 2 is 2.06 bits per heavy atom. The Bertz CT molecular complexity index is 306. The number of hydrogen-bond acceptors (Lipinski definition) is 2. The van der Waals surface area contributed by atoms with Crippen LogP contribution in [0.25, 0.3) is 0 Å². The average molecular weight is 252 g/mol. The van der Waals surface area contributed by atoms with E-state index in [4.69, 9.17) is 0 Å². The van der Waals surface area contributed by atoms with Crippen LogP contribution in [0.4, 0.5) is 0 Å². The highest BCUT2D eigenvalue weighted by Gasteiger charge is 2.47.